The molecule has 0 aromatic heterocycles. The maximum atomic E-state index is 12.0. The van der Waals surface area contributed by atoms with Crippen molar-refractivity contribution >= 4 is 23.5 Å². The van der Waals surface area contributed by atoms with E-state index in [1.54, 1.807) is 18.2 Å². The summed E-state index contributed by atoms with van der Waals surface area (Å²) in [6.45, 7) is 2.56. The number of urea groups is 1. The summed E-state index contributed by atoms with van der Waals surface area (Å²) in [6.07, 6.45) is 0.506. The zero-order valence-electron chi connectivity index (χ0n) is 11.8. The van der Waals surface area contributed by atoms with E-state index in [0.717, 1.165) is 10.5 Å². The molecule has 0 atom stereocenters. The topological polar surface area (TPSA) is 105 Å². The molecule has 2 rings (SSSR count). The predicted molar refractivity (Wildman–Crippen MR) is 77.7 cm³/mol. The zero-order valence-corrected chi connectivity index (χ0v) is 11.8. The molecule has 4 amide bonds. The highest BCUT2D eigenvalue weighted by molar-refractivity contribution is 6.01. The lowest BCUT2D eigenvalue weighted by molar-refractivity contribution is -0.125. The molecule has 4 N–H and O–H groups in total. The molecule has 1 aliphatic heterocycles. The molecular formula is C14H18N4O3. The van der Waals surface area contributed by atoms with Gasteiger partial charge in [0.1, 0.15) is 0 Å². The molecule has 0 aliphatic carbocycles. The van der Waals surface area contributed by atoms with Crippen LogP contribution >= 0.6 is 0 Å². The van der Waals surface area contributed by atoms with Crippen LogP contribution in [0.25, 0.3) is 0 Å². The van der Waals surface area contributed by atoms with Crippen LogP contribution in [-0.4, -0.2) is 42.4 Å². The van der Waals surface area contributed by atoms with Gasteiger partial charge in [0.05, 0.1) is 6.54 Å². The molecule has 7 nitrogen and oxygen atoms in total. The van der Waals surface area contributed by atoms with Crippen LogP contribution in [0, 0.1) is 6.92 Å². The van der Waals surface area contributed by atoms with Gasteiger partial charge in [-0.05, 0) is 31.0 Å². The number of carbonyl (C=O) groups excluding carboxylic acids is 3. The third-order valence-corrected chi connectivity index (χ3v) is 3.29. The SMILES string of the molecule is Cc1ccc(N)cc1C(=O)NCCCN1C(=O)CNC1=O. The van der Waals surface area contributed by atoms with E-state index in [9.17, 15) is 14.4 Å². The summed E-state index contributed by atoms with van der Waals surface area (Å²) in [5, 5.41) is 5.20. The van der Waals surface area contributed by atoms with Gasteiger partial charge in [0.15, 0.2) is 0 Å². The highest BCUT2D eigenvalue weighted by atomic mass is 16.2. The first-order valence-electron chi connectivity index (χ1n) is 6.71. The van der Waals surface area contributed by atoms with Crippen molar-refractivity contribution in [1.29, 1.82) is 0 Å². The first-order valence-corrected chi connectivity index (χ1v) is 6.71. The standard InChI is InChI=1S/C14H18N4O3/c1-9-3-4-10(15)7-11(9)13(20)16-5-2-6-18-12(19)8-17-14(18)21/h3-4,7H,2,5-6,8,15H2,1H3,(H,16,20)(H,17,21). The Balaban J connectivity index is 1.81. The van der Waals surface area contributed by atoms with Crippen LogP contribution in [0.1, 0.15) is 22.3 Å². The molecule has 1 aromatic carbocycles. The number of rotatable bonds is 5. The van der Waals surface area contributed by atoms with Crippen molar-refractivity contribution in [2.45, 2.75) is 13.3 Å². The Labute approximate surface area is 122 Å². The van der Waals surface area contributed by atoms with Crippen molar-refractivity contribution in [1.82, 2.24) is 15.5 Å². The van der Waals surface area contributed by atoms with Crippen LogP contribution < -0.4 is 16.4 Å². The van der Waals surface area contributed by atoms with E-state index in [1.165, 1.54) is 0 Å². The van der Waals surface area contributed by atoms with E-state index in [0.29, 0.717) is 30.8 Å². The second-order valence-corrected chi connectivity index (χ2v) is 4.89. The molecule has 0 saturated carbocycles. The number of nitrogens with two attached hydrogens (primary N) is 1. The minimum absolute atomic E-state index is 0.0493. The van der Waals surface area contributed by atoms with Crippen molar-refractivity contribution in [3.8, 4) is 0 Å². The van der Waals surface area contributed by atoms with Crippen molar-refractivity contribution in [3.05, 3.63) is 29.3 Å². The molecule has 21 heavy (non-hydrogen) atoms. The van der Waals surface area contributed by atoms with Crippen molar-refractivity contribution in [2.75, 3.05) is 25.4 Å². The number of nitrogen functional groups attached to an aromatic ring is 1. The van der Waals surface area contributed by atoms with Crippen molar-refractivity contribution in [2.24, 2.45) is 0 Å². The van der Waals surface area contributed by atoms with Crippen LogP contribution in [-0.2, 0) is 4.79 Å². The molecular weight excluding hydrogens is 272 g/mol. The van der Waals surface area contributed by atoms with Gasteiger partial charge in [-0.1, -0.05) is 6.07 Å². The number of nitrogens with zero attached hydrogens (tertiary/aromatic N) is 1. The third-order valence-electron chi connectivity index (χ3n) is 3.29. The fraction of sp³-hybridized carbons (Fsp3) is 0.357. The predicted octanol–water partition coefficient (Wildman–Crippen LogP) is 0.249. The molecule has 0 bridgehead atoms. The van der Waals surface area contributed by atoms with E-state index in [4.69, 9.17) is 5.73 Å². The van der Waals surface area contributed by atoms with Crippen LogP contribution in [0.2, 0.25) is 0 Å². The van der Waals surface area contributed by atoms with Gasteiger partial charge < -0.3 is 16.4 Å². The average Bonchev–Trinajstić information content (AvgIpc) is 2.77. The number of nitrogens with one attached hydrogen (secondary N) is 2. The maximum absolute atomic E-state index is 12.0. The lowest BCUT2D eigenvalue weighted by Crippen LogP contribution is -2.34. The van der Waals surface area contributed by atoms with Crippen molar-refractivity contribution in [3.63, 3.8) is 0 Å². The van der Waals surface area contributed by atoms with Gasteiger partial charge in [-0.2, -0.15) is 0 Å². The first kappa shape index (κ1) is 14.8. The molecule has 1 heterocycles. The number of hydrogen-bond acceptors (Lipinski definition) is 4. The molecule has 1 aromatic rings. The summed E-state index contributed by atoms with van der Waals surface area (Å²) in [4.78, 5) is 35.8. The Hall–Kier alpha value is -2.57. The highest BCUT2D eigenvalue weighted by Crippen LogP contribution is 2.12. The lowest BCUT2D eigenvalue weighted by Gasteiger charge is -2.13. The molecule has 1 aliphatic rings. The minimum Gasteiger partial charge on any atom is -0.399 e. The summed E-state index contributed by atoms with van der Waals surface area (Å²) >= 11 is 0. The fourth-order valence-electron chi connectivity index (χ4n) is 2.10. The fourth-order valence-corrected chi connectivity index (χ4v) is 2.10. The van der Waals surface area contributed by atoms with Crippen LogP contribution in [0.15, 0.2) is 18.2 Å². The number of amides is 4. The highest BCUT2D eigenvalue weighted by Gasteiger charge is 2.27. The van der Waals surface area contributed by atoms with E-state index in [2.05, 4.69) is 10.6 Å². The van der Waals surface area contributed by atoms with Crippen LogP contribution in [0.5, 0.6) is 0 Å². The van der Waals surface area contributed by atoms with Crippen molar-refractivity contribution < 1.29 is 14.4 Å². The maximum Gasteiger partial charge on any atom is 0.324 e. The summed E-state index contributed by atoms with van der Waals surface area (Å²) in [5.41, 5.74) is 7.57. The van der Waals surface area contributed by atoms with E-state index >= 15 is 0 Å². The zero-order chi connectivity index (χ0) is 15.4. The number of anilines is 1. The molecule has 0 spiro atoms. The lowest BCUT2D eigenvalue weighted by atomic mass is 10.1. The Morgan fingerprint density at radius 1 is 1.43 bits per heavy atom. The summed E-state index contributed by atoms with van der Waals surface area (Å²) in [7, 11) is 0. The second-order valence-electron chi connectivity index (χ2n) is 4.89. The molecule has 7 heteroatoms. The van der Waals surface area contributed by atoms with Gasteiger partial charge in [-0.25, -0.2) is 4.79 Å². The number of carbonyl (C=O) groups is 3. The van der Waals surface area contributed by atoms with Crippen LogP contribution in [0.4, 0.5) is 10.5 Å². The Morgan fingerprint density at radius 3 is 2.86 bits per heavy atom. The average molecular weight is 290 g/mol. The van der Waals surface area contributed by atoms with Gasteiger partial charge in [-0.3, -0.25) is 14.5 Å². The normalized spacial score (nSPS) is 14.2. The Bertz CT molecular complexity index is 570. The molecule has 0 unspecified atom stereocenters. The summed E-state index contributed by atoms with van der Waals surface area (Å²) < 4.78 is 0. The van der Waals surface area contributed by atoms with E-state index in [1.807, 2.05) is 6.92 Å². The van der Waals surface area contributed by atoms with Gasteiger partial charge in [0.25, 0.3) is 5.91 Å². The molecule has 0 radical (unpaired) electrons. The quantitative estimate of drug-likeness (QED) is 0.410. The number of hydrogen-bond donors (Lipinski definition) is 3. The summed E-state index contributed by atoms with van der Waals surface area (Å²) in [6, 6.07) is 4.78. The largest absolute Gasteiger partial charge is 0.399 e. The second kappa shape index (κ2) is 6.25. The summed E-state index contributed by atoms with van der Waals surface area (Å²) in [5.74, 6) is -0.449. The van der Waals surface area contributed by atoms with Gasteiger partial charge >= 0.3 is 6.03 Å². The minimum atomic E-state index is -0.377. The number of imide groups is 1. The molecule has 112 valence electrons. The Kier molecular flexibility index (Phi) is 4.42. The van der Waals surface area contributed by atoms with Gasteiger partial charge in [-0.15, -0.1) is 0 Å². The Morgan fingerprint density at radius 2 is 2.19 bits per heavy atom. The van der Waals surface area contributed by atoms with Gasteiger partial charge in [0, 0.05) is 24.3 Å². The smallest absolute Gasteiger partial charge is 0.324 e. The van der Waals surface area contributed by atoms with Gasteiger partial charge in [0.2, 0.25) is 5.91 Å². The third kappa shape index (κ3) is 3.50. The first-order chi connectivity index (χ1) is 9.99. The van der Waals surface area contributed by atoms with E-state index in [-0.39, 0.29) is 24.4 Å². The number of aryl methyl sites for hydroxylation is 1. The number of benzene rings is 1. The monoisotopic (exact) mass is 290 g/mol. The molecule has 1 saturated heterocycles. The molecule has 1 fully saturated rings. The van der Waals surface area contributed by atoms with E-state index < -0.39 is 0 Å². The van der Waals surface area contributed by atoms with Crippen LogP contribution in [0.3, 0.4) is 0 Å².